The molecule has 154 valence electrons. The van der Waals surface area contributed by atoms with E-state index < -0.39 is 24.0 Å². The van der Waals surface area contributed by atoms with Crippen LogP contribution < -0.4 is 0 Å². The molecule has 1 aromatic carbocycles. The Balaban J connectivity index is 2.09. The average Bonchev–Trinajstić information content (AvgIpc) is 2.99. The van der Waals surface area contributed by atoms with Gasteiger partial charge in [0, 0.05) is 12.0 Å². The molecule has 1 saturated heterocycles. The Morgan fingerprint density at radius 3 is 2.64 bits per heavy atom. The Morgan fingerprint density at radius 1 is 1.39 bits per heavy atom. The summed E-state index contributed by atoms with van der Waals surface area (Å²) in [5.74, 6) is -1.76. The monoisotopic (exact) mass is 412 g/mol. The summed E-state index contributed by atoms with van der Waals surface area (Å²) in [7, 11) is 0. The van der Waals surface area contributed by atoms with Crippen LogP contribution in [0.4, 0.5) is 4.39 Å². The first-order valence-electron chi connectivity index (χ1n) is 9.50. The zero-order valence-electron chi connectivity index (χ0n) is 16.2. The molecule has 1 aliphatic rings. The lowest BCUT2D eigenvalue weighted by atomic mass is 9.97. The molecule has 0 radical (unpaired) electrons. The van der Waals surface area contributed by atoms with Gasteiger partial charge in [0.25, 0.3) is 0 Å². The van der Waals surface area contributed by atoms with E-state index in [0.29, 0.717) is 5.56 Å². The van der Waals surface area contributed by atoms with E-state index in [1.165, 1.54) is 18.2 Å². The van der Waals surface area contributed by atoms with Crippen LogP contribution in [-0.4, -0.2) is 35.9 Å². The molecule has 0 aromatic heterocycles. The number of hydrogen-bond acceptors (Lipinski definition) is 5. The number of benzene rings is 1. The standard InChI is InChI=1S/C21H26ClFO5/c1-3-5-15(6-4-2)19(25)27-13-21(12-24)11-16(20(26)28-21)9-14-7-8-17(22)18(23)10-14/h7-10,15,24H,3-6,11-13H2,1-2H3/b16-9+. The third-order valence-corrected chi connectivity index (χ3v) is 5.05. The Bertz CT molecular complexity index is 742. The molecule has 0 spiro atoms. The van der Waals surface area contributed by atoms with Gasteiger partial charge in [-0.05, 0) is 36.6 Å². The van der Waals surface area contributed by atoms with Gasteiger partial charge in [-0.25, -0.2) is 9.18 Å². The highest BCUT2D eigenvalue weighted by Gasteiger charge is 2.44. The molecular weight excluding hydrogens is 387 g/mol. The molecule has 1 aliphatic heterocycles. The van der Waals surface area contributed by atoms with E-state index in [1.54, 1.807) is 6.07 Å². The van der Waals surface area contributed by atoms with Crippen molar-refractivity contribution in [1.82, 2.24) is 0 Å². The summed E-state index contributed by atoms with van der Waals surface area (Å²) < 4.78 is 24.3. The highest BCUT2D eigenvalue weighted by atomic mass is 35.5. The molecule has 5 nitrogen and oxygen atoms in total. The number of halogens is 2. The minimum Gasteiger partial charge on any atom is -0.461 e. The number of hydrogen-bond donors (Lipinski definition) is 1. The second kappa shape index (κ2) is 10.0. The van der Waals surface area contributed by atoms with Crippen LogP contribution in [-0.2, 0) is 19.1 Å². The summed E-state index contributed by atoms with van der Waals surface area (Å²) >= 11 is 5.67. The maximum atomic E-state index is 13.6. The Morgan fingerprint density at radius 2 is 2.07 bits per heavy atom. The average molecular weight is 413 g/mol. The molecule has 28 heavy (non-hydrogen) atoms. The SMILES string of the molecule is CCCC(CCC)C(=O)OCC1(CO)C/C(=C\c2ccc(Cl)c(F)c2)C(=O)O1. The Labute approximate surface area is 169 Å². The minimum absolute atomic E-state index is 0.0125. The molecule has 1 N–H and O–H groups in total. The van der Waals surface area contributed by atoms with Crippen molar-refractivity contribution in [2.75, 3.05) is 13.2 Å². The van der Waals surface area contributed by atoms with E-state index in [2.05, 4.69) is 0 Å². The number of rotatable bonds is 9. The normalized spacial score (nSPS) is 20.6. The number of carbonyl (C=O) groups excluding carboxylic acids is 2. The first-order chi connectivity index (χ1) is 13.3. The predicted octanol–water partition coefficient (Wildman–Crippen LogP) is 4.30. The van der Waals surface area contributed by atoms with Crippen molar-refractivity contribution in [3.8, 4) is 0 Å². The fraction of sp³-hybridized carbons (Fsp3) is 0.524. The summed E-state index contributed by atoms with van der Waals surface area (Å²) in [6.45, 7) is 3.30. The minimum atomic E-state index is -1.31. The van der Waals surface area contributed by atoms with Gasteiger partial charge in [0.2, 0.25) is 0 Å². The lowest BCUT2D eigenvalue weighted by Crippen LogP contribution is -2.40. The molecule has 0 aliphatic carbocycles. The van der Waals surface area contributed by atoms with Gasteiger partial charge in [0.05, 0.1) is 17.5 Å². The van der Waals surface area contributed by atoms with E-state index in [9.17, 15) is 19.1 Å². The van der Waals surface area contributed by atoms with Crippen LogP contribution in [0.1, 0.15) is 51.5 Å². The van der Waals surface area contributed by atoms with E-state index in [0.717, 1.165) is 25.7 Å². The van der Waals surface area contributed by atoms with Crippen molar-refractivity contribution in [3.63, 3.8) is 0 Å². The molecular formula is C21H26ClFO5. The summed E-state index contributed by atoms with van der Waals surface area (Å²) in [6, 6.07) is 4.18. The second-order valence-electron chi connectivity index (χ2n) is 7.13. The van der Waals surface area contributed by atoms with Gasteiger partial charge in [-0.3, -0.25) is 4.79 Å². The lowest BCUT2D eigenvalue weighted by Gasteiger charge is -2.25. The quantitative estimate of drug-likeness (QED) is 0.483. The fourth-order valence-electron chi connectivity index (χ4n) is 3.24. The maximum Gasteiger partial charge on any atom is 0.334 e. The van der Waals surface area contributed by atoms with Crippen LogP contribution >= 0.6 is 11.6 Å². The predicted molar refractivity (Wildman–Crippen MR) is 104 cm³/mol. The highest BCUT2D eigenvalue weighted by molar-refractivity contribution is 6.30. The number of ether oxygens (including phenoxy) is 2. The molecule has 1 fully saturated rings. The first kappa shape index (κ1) is 22.4. The van der Waals surface area contributed by atoms with Crippen LogP contribution in [0, 0.1) is 11.7 Å². The molecule has 1 atom stereocenters. The summed E-state index contributed by atoms with van der Waals surface area (Å²) in [5, 5.41) is 9.77. The largest absolute Gasteiger partial charge is 0.461 e. The summed E-state index contributed by atoms with van der Waals surface area (Å²) in [5.41, 5.74) is -0.594. The smallest absolute Gasteiger partial charge is 0.334 e. The number of aliphatic hydroxyl groups excluding tert-OH is 1. The van der Waals surface area contributed by atoms with Crippen molar-refractivity contribution in [1.29, 1.82) is 0 Å². The summed E-state index contributed by atoms with van der Waals surface area (Å²) in [6.07, 6.45) is 4.73. The van der Waals surface area contributed by atoms with Gasteiger partial charge in [0.1, 0.15) is 12.4 Å². The third-order valence-electron chi connectivity index (χ3n) is 4.74. The van der Waals surface area contributed by atoms with Crippen LogP contribution in [0.15, 0.2) is 23.8 Å². The number of carbonyl (C=O) groups is 2. The topological polar surface area (TPSA) is 72.8 Å². The maximum absolute atomic E-state index is 13.6. The number of esters is 2. The Hall–Kier alpha value is -1.92. The van der Waals surface area contributed by atoms with E-state index in [4.69, 9.17) is 21.1 Å². The molecule has 0 bridgehead atoms. The van der Waals surface area contributed by atoms with Crippen LogP contribution in [0.3, 0.4) is 0 Å². The number of cyclic esters (lactones) is 1. The van der Waals surface area contributed by atoms with Crippen LogP contribution in [0.2, 0.25) is 5.02 Å². The fourth-order valence-corrected chi connectivity index (χ4v) is 3.36. The van der Waals surface area contributed by atoms with Gasteiger partial charge in [-0.15, -0.1) is 0 Å². The molecule has 0 saturated carbocycles. The molecule has 7 heteroatoms. The van der Waals surface area contributed by atoms with Crippen molar-refractivity contribution in [3.05, 3.63) is 40.2 Å². The van der Waals surface area contributed by atoms with Gasteiger partial charge in [-0.2, -0.15) is 0 Å². The van der Waals surface area contributed by atoms with Crippen LogP contribution in [0.25, 0.3) is 6.08 Å². The van der Waals surface area contributed by atoms with Crippen LogP contribution in [0.5, 0.6) is 0 Å². The van der Waals surface area contributed by atoms with Gasteiger partial charge < -0.3 is 14.6 Å². The summed E-state index contributed by atoms with van der Waals surface area (Å²) in [4.78, 5) is 24.6. The van der Waals surface area contributed by atoms with Gasteiger partial charge in [-0.1, -0.05) is 44.4 Å². The molecule has 0 amide bonds. The zero-order valence-corrected chi connectivity index (χ0v) is 16.9. The highest BCUT2D eigenvalue weighted by Crippen LogP contribution is 2.33. The van der Waals surface area contributed by atoms with Gasteiger partial charge >= 0.3 is 11.9 Å². The van der Waals surface area contributed by atoms with Crippen molar-refractivity contribution >= 4 is 29.6 Å². The van der Waals surface area contributed by atoms with Crippen molar-refractivity contribution < 1.29 is 28.6 Å². The van der Waals surface area contributed by atoms with E-state index in [1.807, 2.05) is 13.8 Å². The zero-order chi connectivity index (χ0) is 20.7. The lowest BCUT2D eigenvalue weighted by molar-refractivity contribution is -0.169. The molecule has 2 rings (SSSR count). The third kappa shape index (κ3) is 5.55. The van der Waals surface area contributed by atoms with Crippen molar-refractivity contribution in [2.45, 2.75) is 51.6 Å². The van der Waals surface area contributed by atoms with E-state index in [-0.39, 0.29) is 35.5 Å². The second-order valence-corrected chi connectivity index (χ2v) is 7.54. The van der Waals surface area contributed by atoms with E-state index >= 15 is 0 Å². The Kier molecular flexibility index (Phi) is 8.01. The van der Waals surface area contributed by atoms with Gasteiger partial charge in [0.15, 0.2) is 5.60 Å². The molecule has 1 aromatic rings. The molecule has 1 heterocycles. The molecule has 1 unspecified atom stereocenters. The number of aliphatic hydroxyl groups is 1. The first-order valence-corrected chi connectivity index (χ1v) is 9.88. The van der Waals surface area contributed by atoms with Crippen molar-refractivity contribution in [2.24, 2.45) is 5.92 Å².